The highest BCUT2D eigenvalue weighted by Crippen LogP contribution is 2.19. The largest absolute Gasteiger partial charge is 0.494 e. The number of benzene rings is 1. The van der Waals surface area contributed by atoms with Crippen molar-refractivity contribution in [1.82, 2.24) is 4.90 Å². The number of methoxy groups -OCH3 is 1. The molecule has 0 saturated carbocycles. The Kier molecular flexibility index (Phi) is 5.23. The van der Waals surface area contributed by atoms with Gasteiger partial charge in [0.15, 0.2) is 11.6 Å². The van der Waals surface area contributed by atoms with Gasteiger partial charge in [-0.2, -0.15) is 0 Å². The van der Waals surface area contributed by atoms with Gasteiger partial charge in [0.25, 0.3) is 5.91 Å². The van der Waals surface area contributed by atoms with Crippen LogP contribution in [-0.4, -0.2) is 36.5 Å². The van der Waals surface area contributed by atoms with E-state index in [1.165, 1.54) is 30.2 Å². The molecule has 0 aliphatic heterocycles. The lowest BCUT2D eigenvalue weighted by atomic mass is 10.1. The van der Waals surface area contributed by atoms with Crippen LogP contribution in [0.5, 0.6) is 5.75 Å². The van der Waals surface area contributed by atoms with Gasteiger partial charge in [0.2, 0.25) is 0 Å². The first-order valence-electron chi connectivity index (χ1n) is 5.75. The quantitative estimate of drug-likeness (QED) is 0.838. The fraction of sp³-hybridized carbons (Fsp3) is 0.385. The van der Waals surface area contributed by atoms with Gasteiger partial charge in [0.1, 0.15) is 0 Å². The molecular weight excluding hydrogens is 267 g/mol. The smallest absolute Gasteiger partial charge is 0.253 e. The first kappa shape index (κ1) is 15.4. The van der Waals surface area contributed by atoms with Crippen LogP contribution in [0.1, 0.15) is 17.3 Å². The average Bonchev–Trinajstić information content (AvgIpc) is 2.38. The van der Waals surface area contributed by atoms with E-state index in [2.05, 4.69) is 0 Å². The van der Waals surface area contributed by atoms with E-state index in [0.717, 1.165) is 0 Å². The number of carbonyl (C=O) groups is 1. The van der Waals surface area contributed by atoms with E-state index >= 15 is 0 Å². The minimum atomic E-state index is -0.502. The number of amides is 1. The van der Waals surface area contributed by atoms with E-state index < -0.39 is 5.82 Å². The molecule has 19 heavy (non-hydrogen) atoms. The van der Waals surface area contributed by atoms with Crippen molar-refractivity contribution in [1.29, 1.82) is 0 Å². The summed E-state index contributed by atoms with van der Waals surface area (Å²) >= 11 is 4.87. The van der Waals surface area contributed by atoms with Gasteiger partial charge in [-0.15, -0.1) is 0 Å². The Morgan fingerprint density at radius 2 is 2.21 bits per heavy atom. The zero-order valence-corrected chi connectivity index (χ0v) is 12.0. The minimum absolute atomic E-state index is 0.0432. The number of ether oxygens (including phenoxy) is 1. The predicted octanol–water partition coefficient (Wildman–Crippen LogP) is 1.83. The lowest BCUT2D eigenvalue weighted by Gasteiger charge is -2.21. The van der Waals surface area contributed by atoms with Gasteiger partial charge in [-0.25, -0.2) is 4.39 Å². The molecule has 1 aromatic carbocycles. The van der Waals surface area contributed by atoms with Crippen LogP contribution in [-0.2, 0) is 0 Å². The highest BCUT2D eigenvalue weighted by Gasteiger charge is 2.17. The van der Waals surface area contributed by atoms with Gasteiger partial charge in [-0.3, -0.25) is 4.79 Å². The number of thiocarbonyl (C=S) groups is 1. The van der Waals surface area contributed by atoms with Crippen molar-refractivity contribution in [3.8, 4) is 5.75 Å². The summed E-state index contributed by atoms with van der Waals surface area (Å²) in [6.07, 6.45) is 0. The van der Waals surface area contributed by atoms with Crippen LogP contribution in [0.3, 0.4) is 0 Å². The standard InChI is InChI=1S/C13H17FN2O2S/c1-8(12(15)19)7-16(2)13(17)9-4-5-10(14)11(6-9)18-3/h4-6,8H,7H2,1-3H3,(H2,15,19). The minimum Gasteiger partial charge on any atom is -0.494 e. The summed E-state index contributed by atoms with van der Waals surface area (Å²) in [6.45, 7) is 2.26. The molecule has 0 radical (unpaired) electrons. The Hall–Kier alpha value is -1.69. The molecule has 0 aliphatic rings. The SMILES string of the molecule is COc1cc(C(=O)N(C)CC(C)C(N)=S)ccc1F. The molecule has 1 aromatic rings. The Morgan fingerprint density at radius 1 is 1.58 bits per heavy atom. The van der Waals surface area contributed by atoms with Crippen LogP contribution in [0.2, 0.25) is 0 Å². The first-order chi connectivity index (χ1) is 8.86. The molecule has 0 heterocycles. The molecule has 1 atom stereocenters. The van der Waals surface area contributed by atoms with Gasteiger partial charge in [-0.1, -0.05) is 19.1 Å². The van der Waals surface area contributed by atoms with Gasteiger partial charge >= 0.3 is 0 Å². The second-order valence-electron chi connectivity index (χ2n) is 4.34. The van der Waals surface area contributed by atoms with Crippen LogP contribution in [0, 0.1) is 11.7 Å². The molecule has 1 rings (SSSR count). The fourth-order valence-electron chi connectivity index (χ4n) is 1.60. The van der Waals surface area contributed by atoms with Crippen molar-refractivity contribution < 1.29 is 13.9 Å². The van der Waals surface area contributed by atoms with Crippen LogP contribution < -0.4 is 10.5 Å². The van der Waals surface area contributed by atoms with Crippen LogP contribution >= 0.6 is 12.2 Å². The lowest BCUT2D eigenvalue weighted by molar-refractivity contribution is 0.0786. The molecule has 104 valence electrons. The van der Waals surface area contributed by atoms with Crippen molar-refractivity contribution >= 4 is 23.1 Å². The number of hydrogen-bond donors (Lipinski definition) is 1. The van der Waals surface area contributed by atoms with Crippen molar-refractivity contribution in [2.75, 3.05) is 20.7 Å². The van der Waals surface area contributed by atoms with Crippen molar-refractivity contribution in [3.05, 3.63) is 29.6 Å². The Labute approximate surface area is 117 Å². The van der Waals surface area contributed by atoms with E-state index in [4.69, 9.17) is 22.7 Å². The van der Waals surface area contributed by atoms with Gasteiger partial charge in [0.05, 0.1) is 12.1 Å². The van der Waals surface area contributed by atoms with Crippen LogP contribution in [0.4, 0.5) is 4.39 Å². The normalized spacial score (nSPS) is 11.8. The maximum Gasteiger partial charge on any atom is 0.253 e. The number of carbonyl (C=O) groups excluding carboxylic acids is 1. The van der Waals surface area contributed by atoms with Gasteiger partial charge in [-0.05, 0) is 18.2 Å². The number of halogens is 1. The van der Waals surface area contributed by atoms with E-state index in [1.807, 2.05) is 6.92 Å². The van der Waals surface area contributed by atoms with Crippen molar-refractivity contribution in [3.63, 3.8) is 0 Å². The fourth-order valence-corrected chi connectivity index (χ4v) is 1.67. The van der Waals surface area contributed by atoms with Gasteiger partial charge < -0.3 is 15.4 Å². The molecule has 0 spiro atoms. The molecule has 6 heteroatoms. The maximum absolute atomic E-state index is 13.3. The Balaban J connectivity index is 2.85. The molecule has 2 N–H and O–H groups in total. The molecule has 0 aromatic heterocycles. The summed E-state index contributed by atoms with van der Waals surface area (Å²) in [4.78, 5) is 14.0. The summed E-state index contributed by atoms with van der Waals surface area (Å²) < 4.78 is 18.1. The molecule has 1 amide bonds. The second-order valence-corrected chi connectivity index (χ2v) is 4.81. The summed E-state index contributed by atoms with van der Waals surface area (Å²) in [7, 11) is 3.00. The molecule has 0 bridgehead atoms. The summed E-state index contributed by atoms with van der Waals surface area (Å²) in [5.74, 6) is -0.771. The predicted molar refractivity (Wildman–Crippen MR) is 75.9 cm³/mol. The summed E-state index contributed by atoms with van der Waals surface area (Å²) in [5.41, 5.74) is 5.87. The highest BCUT2D eigenvalue weighted by atomic mass is 32.1. The molecular formula is C13H17FN2O2S. The Bertz CT molecular complexity index is 494. The van der Waals surface area contributed by atoms with Gasteiger partial charge in [0, 0.05) is 25.1 Å². The monoisotopic (exact) mass is 284 g/mol. The van der Waals surface area contributed by atoms with Crippen LogP contribution in [0.15, 0.2) is 18.2 Å². The first-order valence-corrected chi connectivity index (χ1v) is 6.16. The third-order valence-electron chi connectivity index (χ3n) is 2.78. The lowest BCUT2D eigenvalue weighted by Crippen LogP contribution is -2.35. The van der Waals surface area contributed by atoms with E-state index in [0.29, 0.717) is 17.1 Å². The van der Waals surface area contributed by atoms with E-state index in [1.54, 1.807) is 7.05 Å². The van der Waals surface area contributed by atoms with Crippen molar-refractivity contribution in [2.24, 2.45) is 11.7 Å². The Morgan fingerprint density at radius 3 is 2.74 bits per heavy atom. The number of rotatable bonds is 5. The molecule has 0 fully saturated rings. The molecule has 0 aliphatic carbocycles. The zero-order chi connectivity index (χ0) is 14.6. The third kappa shape index (κ3) is 3.89. The number of nitrogens with two attached hydrogens (primary N) is 1. The number of nitrogens with zero attached hydrogens (tertiary/aromatic N) is 1. The molecule has 1 unspecified atom stereocenters. The topological polar surface area (TPSA) is 55.6 Å². The van der Waals surface area contributed by atoms with E-state index in [9.17, 15) is 9.18 Å². The molecule has 0 saturated heterocycles. The summed E-state index contributed by atoms with van der Waals surface area (Å²) in [5, 5.41) is 0. The van der Waals surface area contributed by atoms with Crippen LogP contribution in [0.25, 0.3) is 0 Å². The third-order valence-corrected chi connectivity index (χ3v) is 3.18. The van der Waals surface area contributed by atoms with Crippen molar-refractivity contribution in [2.45, 2.75) is 6.92 Å². The number of hydrogen-bond acceptors (Lipinski definition) is 3. The zero-order valence-electron chi connectivity index (χ0n) is 11.1. The second kappa shape index (κ2) is 6.47. The maximum atomic E-state index is 13.3. The summed E-state index contributed by atoms with van der Waals surface area (Å²) in [6, 6.07) is 4.00. The highest BCUT2D eigenvalue weighted by molar-refractivity contribution is 7.80. The van der Waals surface area contributed by atoms with E-state index in [-0.39, 0.29) is 17.6 Å². The molecule has 4 nitrogen and oxygen atoms in total. The average molecular weight is 284 g/mol.